The average molecular weight is 352 g/mol. The molecule has 0 unspecified atom stereocenters. The van der Waals surface area contributed by atoms with Gasteiger partial charge in [-0.1, -0.05) is 11.6 Å². The van der Waals surface area contributed by atoms with Crippen molar-refractivity contribution in [1.29, 1.82) is 0 Å². The Morgan fingerprint density at radius 3 is 2.53 bits per heavy atom. The largest absolute Gasteiger partial charge is 0.478 e. The first kappa shape index (κ1) is 15.7. The maximum Gasteiger partial charge on any atom is 0.412 e. The maximum absolute atomic E-state index is 11.6. The van der Waals surface area contributed by atoms with Gasteiger partial charge >= 0.3 is 12.1 Å². The van der Waals surface area contributed by atoms with Crippen LogP contribution in [0, 0.1) is 0 Å². The summed E-state index contributed by atoms with van der Waals surface area (Å²) in [4.78, 5) is 26.5. The number of carboxylic acids is 1. The van der Waals surface area contributed by atoms with E-state index in [1.54, 1.807) is 20.8 Å². The molecule has 6 nitrogen and oxygen atoms in total. The molecule has 8 heteroatoms. The number of nitrogens with one attached hydrogen (secondary N) is 1. The molecule has 1 amide bonds. The van der Waals surface area contributed by atoms with E-state index >= 15 is 0 Å². The number of halogens is 2. The summed E-state index contributed by atoms with van der Waals surface area (Å²) in [5.74, 6) is -1.24. The summed E-state index contributed by atoms with van der Waals surface area (Å²) < 4.78 is 5.15. The van der Waals surface area contributed by atoms with Crippen LogP contribution in [-0.4, -0.2) is 27.8 Å². The van der Waals surface area contributed by atoms with Crippen molar-refractivity contribution in [3.05, 3.63) is 21.4 Å². The highest BCUT2D eigenvalue weighted by atomic mass is 79.9. The number of carbonyl (C=O) groups is 2. The fourth-order valence-corrected chi connectivity index (χ4v) is 1.98. The van der Waals surface area contributed by atoms with Crippen LogP contribution < -0.4 is 5.32 Å². The third-order valence-electron chi connectivity index (χ3n) is 1.80. The molecular weight excluding hydrogens is 339 g/mol. The van der Waals surface area contributed by atoms with Crippen LogP contribution in [0.4, 0.5) is 10.5 Å². The van der Waals surface area contributed by atoms with Crippen LogP contribution in [0.15, 0.2) is 10.7 Å². The monoisotopic (exact) mass is 350 g/mol. The van der Waals surface area contributed by atoms with Gasteiger partial charge in [0.1, 0.15) is 15.4 Å². The van der Waals surface area contributed by atoms with E-state index in [0.717, 1.165) is 6.07 Å². The first-order chi connectivity index (χ1) is 8.60. The minimum absolute atomic E-state index is 0.000913. The Bertz CT molecular complexity index is 528. The number of nitrogens with zero attached hydrogens (tertiary/aromatic N) is 1. The third kappa shape index (κ3) is 4.68. The fourth-order valence-electron chi connectivity index (χ4n) is 1.18. The van der Waals surface area contributed by atoms with E-state index in [0.29, 0.717) is 0 Å². The predicted octanol–water partition coefficient (Wildman–Crippen LogP) is 3.54. The minimum atomic E-state index is -1.24. The molecule has 0 aliphatic heterocycles. The van der Waals surface area contributed by atoms with Gasteiger partial charge in [0.2, 0.25) is 0 Å². The van der Waals surface area contributed by atoms with Crippen LogP contribution in [0.2, 0.25) is 5.15 Å². The van der Waals surface area contributed by atoms with Crippen molar-refractivity contribution in [1.82, 2.24) is 4.98 Å². The number of hydrogen-bond donors (Lipinski definition) is 2. The minimum Gasteiger partial charge on any atom is -0.478 e. The Balaban J connectivity index is 3.07. The lowest BCUT2D eigenvalue weighted by Crippen LogP contribution is -2.28. The number of aromatic carboxylic acids is 1. The normalized spacial score (nSPS) is 11.0. The van der Waals surface area contributed by atoms with E-state index in [9.17, 15) is 9.59 Å². The molecule has 104 valence electrons. The molecule has 1 aromatic rings. The molecule has 0 bridgehead atoms. The Morgan fingerprint density at radius 2 is 2.05 bits per heavy atom. The highest BCUT2D eigenvalue weighted by Gasteiger charge is 2.21. The zero-order valence-corrected chi connectivity index (χ0v) is 12.8. The molecule has 0 atom stereocenters. The second-order valence-electron chi connectivity index (χ2n) is 4.59. The van der Waals surface area contributed by atoms with E-state index < -0.39 is 17.7 Å². The Hall–Kier alpha value is -1.34. The fraction of sp³-hybridized carbons (Fsp3) is 0.364. The molecule has 0 fully saturated rings. The van der Waals surface area contributed by atoms with Gasteiger partial charge in [-0.05, 0) is 42.8 Å². The van der Waals surface area contributed by atoms with E-state index in [1.165, 1.54) is 0 Å². The van der Waals surface area contributed by atoms with Crippen molar-refractivity contribution in [2.45, 2.75) is 26.4 Å². The first-order valence-electron chi connectivity index (χ1n) is 5.19. The lowest BCUT2D eigenvalue weighted by Gasteiger charge is -2.20. The standard InChI is InChI=1S/C11H12BrClN2O4/c1-11(2,3)19-10(18)15-7-5(9(16)17)4-6(13)14-8(7)12/h4H,1-3H3,(H,15,18)(H,16,17). The molecule has 0 aliphatic carbocycles. The summed E-state index contributed by atoms with van der Waals surface area (Å²) in [6, 6.07) is 1.14. The molecule has 0 spiro atoms. The number of amides is 1. The van der Waals surface area contributed by atoms with Crippen molar-refractivity contribution < 1.29 is 19.4 Å². The van der Waals surface area contributed by atoms with Gasteiger partial charge in [-0.15, -0.1) is 0 Å². The van der Waals surface area contributed by atoms with Crippen LogP contribution >= 0.6 is 27.5 Å². The van der Waals surface area contributed by atoms with Crippen molar-refractivity contribution in [2.24, 2.45) is 0 Å². The smallest absolute Gasteiger partial charge is 0.412 e. The zero-order valence-electron chi connectivity index (χ0n) is 10.5. The Labute approximate surface area is 123 Å². The highest BCUT2D eigenvalue weighted by molar-refractivity contribution is 9.10. The topological polar surface area (TPSA) is 88.5 Å². The van der Waals surface area contributed by atoms with Gasteiger partial charge in [-0.2, -0.15) is 0 Å². The quantitative estimate of drug-likeness (QED) is 0.796. The molecule has 0 saturated heterocycles. The molecule has 1 rings (SSSR count). The summed E-state index contributed by atoms with van der Waals surface area (Å²) in [5, 5.41) is 11.4. The Kier molecular flexibility index (Phi) is 4.75. The number of carboxylic acid groups (broad SMARTS) is 1. The number of pyridine rings is 1. The van der Waals surface area contributed by atoms with Crippen LogP contribution in [0.5, 0.6) is 0 Å². The number of ether oxygens (including phenoxy) is 1. The number of anilines is 1. The van der Waals surface area contributed by atoms with Gasteiger partial charge in [-0.3, -0.25) is 5.32 Å². The van der Waals surface area contributed by atoms with Crippen LogP contribution in [-0.2, 0) is 4.74 Å². The van der Waals surface area contributed by atoms with Gasteiger partial charge in [-0.25, -0.2) is 14.6 Å². The van der Waals surface area contributed by atoms with E-state index in [1.807, 2.05) is 0 Å². The van der Waals surface area contributed by atoms with Crippen molar-refractivity contribution in [3.8, 4) is 0 Å². The van der Waals surface area contributed by atoms with Gasteiger partial charge in [0.15, 0.2) is 0 Å². The van der Waals surface area contributed by atoms with E-state index in [-0.39, 0.29) is 21.0 Å². The second kappa shape index (κ2) is 5.75. The summed E-state index contributed by atoms with van der Waals surface area (Å²) >= 11 is 8.71. The van der Waals surface area contributed by atoms with Gasteiger partial charge in [0.05, 0.1) is 11.3 Å². The zero-order chi connectivity index (χ0) is 14.8. The molecular formula is C11H12BrClN2O4. The second-order valence-corrected chi connectivity index (χ2v) is 5.73. The number of hydrogen-bond acceptors (Lipinski definition) is 4. The van der Waals surface area contributed by atoms with Crippen molar-refractivity contribution >= 4 is 45.3 Å². The number of aromatic nitrogens is 1. The molecule has 2 N–H and O–H groups in total. The molecule has 0 radical (unpaired) electrons. The van der Waals surface area contributed by atoms with E-state index in [2.05, 4.69) is 26.2 Å². The Morgan fingerprint density at radius 1 is 1.47 bits per heavy atom. The number of carbonyl (C=O) groups excluding carboxylic acids is 1. The third-order valence-corrected chi connectivity index (χ3v) is 2.57. The maximum atomic E-state index is 11.6. The number of rotatable bonds is 2. The summed E-state index contributed by atoms with van der Waals surface area (Å²) in [7, 11) is 0. The molecule has 0 saturated carbocycles. The van der Waals surface area contributed by atoms with Crippen molar-refractivity contribution in [2.75, 3.05) is 5.32 Å². The molecule has 1 aromatic heterocycles. The van der Waals surface area contributed by atoms with Gasteiger partial charge < -0.3 is 9.84 Å². The van der Waals surface area contributed by atoms with E-state index in [4.69, 9.17) is 21.4 Å². The summed E-state index contributed by atoms with van der Waals surface area (Å²) in [6.07, 6.45) is -0.778. The van der Waals surface area contributed by atoms with Gasteiger partial charge in [0, 0.05) is 0 Å². The summed E-state index contributed by atoms with van der Waals surface area (Å²) in [5.41, 5.74) is -0.885. The lowest BCUT2D eigenvalue weighted by atomic mass is 10.2. The van der Waals surface area contributed by atoms with Crippen LogP contribution in [0.25, 0.3) is 0 Å². The highest BCUT2D eigenvalue weighted by Crippen LogP contribution is 2.28. The van der Waals surface area contributed by atoms with Crippen LogP contribution in [0.3, 0.4) is 0 Å². The molecule has 19 heavy (non-hydrogen) atoms. The average Bonchev–Trinajstić information content (AvgIpc) is 2.18. The molecule has 0 aliphatic rings. The lowest BCUT2D eigenvalue weighted by molar-refractivity contribution is 0.0635. The first-order valence-corrected chi connectivity index (χ1v) is 6.36. The molecule has 0 aromatic carbocycles. The SMILES string of the molecule is CC(C)(C)OC(=O)Nc1c(C(=O)O)cc(Cl)nc1Br. The van der Waals surface area contributed by atoms with Crippen molar-refractivity contribution in [3.63, 3.8) is 0 Å². The van der Waals surface area contributed by atoms with Crippen LogP contribution in [0.1, 0.15) is 31.1 Å². The molecule has 1 heterocycles. The van der Waals surface area contributed by atoms with Gasteiger partial charge in [0.25, 0.3) is 0 Å². The summed E-state index contributed by atoms with van der Waals surface area (Å²) in [6.45, 7) is 5.08. The predicted molar refractivity (Wildman–Crippen MR) is 73.8 cm³/mol.